The van der Waals surface area contributed by atoms with E-state index in [2.05, 4.69) is 47.8 Å². The summed E-state index contributed by atoms with van der Waals surface area (Å²) in [4.78, 5) is 12.0. The molecule has 94 valence electrons. The van der Waals surface area contributed by atoms with Gasteiger partial charge in [0.2, 0.25) is 0 Å². The third kappa shape index (κ3) is 4.18. The summed E-state index contributed by atoms with van der Waals surface area (Å²) < 4.78 is 2.05. The highest BCUT2D eigenvalue weighted by Gasteiger charge is 2.28. The van der Waals surface area contributed by atoms with E-state index >= 15 is 0 Å². The predicted octanol–water partition coefficient (Wildman–Crippen LogP) is 5.13. The van der Waals surface area contributed by atoms with Gasteiger partial charge in [0.1, 0.15) is 0 Å². The molecule has 0 saturated heterocycles. The van der Waals surface area contributed by atoms with E-state index in [1.807, 2.05) is 39.0 Å². The zero-order valence-corrected chi connectivity index (χ0v) is 14.8. The molecule has 0 aliphatic carbocycles. The topological polar surface area (TPSA) is 17.1 Å². The van der Waals surface area contributed by atoms with Gasteiger partial charge in [0, 0.05) is 14.4 Å². The predicted molar refractivity (Wildman–Crippen MR) is 82.7 cm³/mol. The van der Waals surface area contributed by atoms with Gasteiger partial charge in [-0.2, -0.15) is 0 Å². The quantitative estimate of drug-likeness (QED) is 0.612. The van der Waals surface area contributed by atoms with Gasteiger partial charge in [-0.15, -0.1) is 0 Å². The highest BCUT2D eigenvalue weighted by molar-refractivity contribution is 9.11. The molecular weight excluding hydrogens is 412 g/mol. The molecule has 0 spiro atoms. The van der Waals surface area contributed by atoms with Gasteiger partial charge in [-0.1, -0.05) is 74.6 Å². The first-order valence-corrected chi connectivity index (χ1v) is 7.85. The van der Waals surface area contributed by atoms with E-state index in [0.717, 1.165) is 14.5 Å². The smallest absolute Gasteiger partial charge is 0.152 e. The zero-order chi connectivity index (χ0) is 13.2. The maximum Gasteiger partial charge on any atom is 0.152 e. The molecule has 0 bridgehead atoms. The molecule has 1 aromatic rings. The summed E-state index contributed by atoms with van der Waals surface area (Å²) in [5.74, 6) is 0.222. The van der Waals surface area contributed by atoms with Crippen molar-refractivity contribution in [3.8, 4) is 0 Å². The number of halogens is 3. The number of carbonyl (C=O) groups is 1. The van der Waals surface area contributed by atoms with Gasteiger partial charge in [0.15, 0.2) is 5.78 Å². The number of rotatable bonds is 3. The van der Waals surface area contributed by atoms with Crippen LogP contribution < -0.4 is 0 Å². The Morgan fingerprint density at radius 1 is 1.24 bits per heavy atom. The van der Waals surface area contributed by atoms with Crippen LogP contribution in [-0.2, 0) is 11.2 Å². The number of carbonyl (C=O) groups excluding carboxylic acids is 1. The van der Waals surface area contributed by atoms with E-state index in [1.165, 1.54) is 0 Å². The third-order valence-corrected chi connectivity index (χ3v) is 4.69. The fourth-order valence-corrected chi connectivity index (χ4v) is 3.80. The molecule has 0 radical (unpaired) electrons. The van der Waals surface area contributed by atoms with Crippen molar-refractivity contribution in [1.82, 2.24) is 0 Å². The second-order valence-corrected chi connectivity index (χ2v) is 7.80. The van der Waals surface area contributed by atoms with Gasteiger partial charge in [0.05, 0.1) is 4.83 Å². The summed E-state index contributed by atoms with van der Waals surface area (Å²) in [6, 6.07) is 5.94. The van der Waals surface area contributed by atoms with Crippen molar-refractivity contribution >= 4 is 53.6 Å². The van der Waals surface area contributed by atoms with E-state index in [-0.39, 0.29) is 16.0 Å². The van der Waals surface area contributed by atoms with Crippen LogP contribution in [0.15, 0.2) is 27.1 Å². The molecule has 0 saturated carbocycles. The molecule has 4 heteroatoms. The Kier molecular flexibility index (Phi) is 5.41. The number of alkyl halides is 1. The Labute approximate surface area is 128 Å². The van der Waals surface area contributed by atoms with Crippen molar-refractivity contribution in [3.63, 3.8) is 0 Å². The lowest BCUT2D eigenvalue weighted by atomic mass is 9.87. The number of hydrogen-bond acceptors (Lipinski definition) is 1. The van der Waals surface area contributed by atoms with E-state index < -0.39 is 0 Å². The van der Waals surface area contributed by atoms with Crippen LogP contribution >= 0.6 is 47.8 Å². The minimum Gasteiger partial charge on any atom is -0.298 e. The molecule has 0 amide bonds. The lowest BCUT2D eigenvalue weighted by Gasteiger charge is -2.21. The first-order valence-electron chi connectivity index (χ1n) is 5.34. The molecule has 1 aromatic carbocycles. The standard InChI is InChI=1S/C13H15Br3O/c1-13(2,3)12(17)11(16)7-8-9(14)5-4-6-10(8)15/h4-6,11H,7H2,1-3H3. The Morgan fingerprint density at radius 3 is 2.12 bits per heavy atom. The monoisotopic (exact) mass is 424 g/mol. The van der Waals surface area contributed by atoms with Crippen LogP contribution in [0.1, 0.15) is 26.3 Å². The normalized spacial score (nSPS) is 13.5. The van der Waals surface area contributed by atoms with Crippen LogP contribution in [0, 0.1) is 5.41 Å². The van der Waals surface area contributed by atoms with Gasteiger partial charge in [-0.05, 0) is 24.1 Å². The van der Waals surface area contributed by atoms with E-state index in [0.29, 0.717) is 6.42 Å². The van der Waals surface area contributed by atoms with E-state index in [9.17, 15) is 4.79 Å². The van der Waals surface area contributed by atoms with Gasteiger partial charge >= 0.3 is 0 Å². The fraction of sp³-hybridized carbons (Fsp3) is 0.462. The molecule has 0 fully saturated rings. The highest BCUT2D eigenvalue weighted by Crippen LogP contribution is 2.30. The summed E-state index contributed by atoms with van der Waals surface area (Å²) in [5, 5.41) is 0. The SMILES string of the molecule is CC(C)(C)C(=O)C(Br)Cc1c(Br)cccc1Br. The molecule has 0 aliphatic rings. The molecule has 1 rings (SSSR count). The van der Waals surface area contributed by atoms with Crippen LogP contribution in [-0.4, -0.2) is 10.6 Å². The van der Waals surface area contributed by atoms with Crippen LogP contribution in [0.2, 0.25) is 0 Å². The summed E-state index contributed by atoms with van der Waals surface area (Å²) in [5.41, 5.74) is 0.800. The van der Waals surface area contributed by atoms with Crippen molar-refractivity contribution in [2.45, 2.75) is 32.0 Å². The maximum absolute atomic E-state index is 12.1. The van der Waals surface area contributed by atoms with Crippen LogP contribution in [0.25, 0.3) is 0 Å². The summed E-state index contributed by atoms with van der Waals surface area (Å²) in [6.07, 6.45) is 0.679. The molecule has 0 heterocycles. The van der Waals surface area contributed by atoms with Gasteiger partial charge in [-0.25, -0.2) is 0 Å². The lowest BCUT2D eigenvalue weighted by molar-refractivity contribution is -0.125. The van der Waals surface area contributed by atoms with Crippen molar-refractivity contribution in [3.05, 3.63) is 32.7 Å². The Bertz CT molecular complexity index is 401. The first-order chi connectivity index (χ1) is 7.73. The zero-order valence-electron chi connectivity index (χ0n) is 10.1. The second-order valence-electron chi connectivity index (χ2n) is 4.99. The molecule has 0 aromatic heterocycles. The van der Waals surface area contributed by atoms with Gasteiger partial charge in [-0.3, -0.25) is 4.79 Å². The molecule has 0 N–H and O–H groups in total. The third-order valence-electron chi connectivity index (χ3n) is 2.47. The fourth-order valence-electron chi connectivity index (χ4n) is 1.47. The van der Waals surface area contributed by atoms with Crippen molar-refractivity contribution in [2.24, 2.45) is 5.41 Å². The van der Waals surface area contributed by atoms with Crippen molar-refractivity contribution in [2.75, 3.05) is 0 Å². The molecule has 1 nitrogen and oxygen atoms in total. The number of ketones is 1. The van der Waals surface area contributed by atoms with E-state index in [1.54, 1.807) is 0 Å². The number of hydrogen-bond donors (Lipinski definition) is 0. The van der Waals surface area contributed by atoms with E-state index in [4.69, 9.17) is 0 Å². The van der Waals surface area contributed by atoms with Gasteiger partial charge in [0.25, 0.3) is 0 Å². The highest BCUT2D eigenvalue weighted by atomic mass is 79.9. The lowest BCUT2D eigenvalue weighted by Crippen LogP contribution is -2.30. The minimum absolute atomic E-state index is 0.155. The Hall–Kier alpha value is 0.330. The van der Waals surface area contributed by atoms with Crippen molar-refractivity contribution < 1.29 is 4.79 Å². The Morgan fingerprint density at radius 2 is 1.71 bits per heavy atom. The van der Waals surface area contributed by atoms with Crippen molar-refractivity contribution in [1.29, 1.82) is 0 Å². The minimum atomic E-state index is -0.318. The molecule has 1 unspecified atom stereocenters. The van der Waals surface area contributed by atoms with Crippen LogP contribution in [0.4, 0.5) is 0 Å². The average Bonchev–Trinajstić information content (AvgIpc) is 2.21. The van der Waals surface area contributed by atoms with Crippen LogP contribution in [0.3, 0.4) is 0 Å². The first kappa shape index (κ1) is 15.4. The van der Waals surface area contributed by atoms with Gasteiger partial charge < -0.3 is 0 Å². The molecular formula is C13H15Br3O. The van der Waals surface area contributed by atoms with Crippen LogP contribution in [0.5, 0.6) is 0 Å². The number of Topliss-reactive ketones (excluding diaryl/α,β-unsaturated/α-hetero) is 1. The Balaban J connectivity index is 2.89. The molecule has 1 atom stereocenters. The summed E-state index contributed by atoms with van der Waals surface area (Å²) in [7, 11) is 0. The second kappa shape index (κ2) is 5.98. The molecule has 17 heavy (non-hydrogen) atoms. The largest absolute Gasteiger partial charge is 0.298 e. The number of benzene rings is 1. The summed E-state index contributed by atoms with van der Waals surface area (Å²) in [6.45, 7) is 5.83. The average molecular weight is 427 g/mol. The maximum atomic E-state index is 12.1. The molecule has 0 aliphatic heterocycles. The summed E-state index contributed by atoms with van der Waals surface area (Å²) >= 11 is 10.5.